The van der Waals surface area contributed by atoms with Crippen LogP contribution >= 0.6 is 0 Å². The lowest BCUT2D eigenvalue weighted by Gasteiger charge is -2.36. The second-order valence-electron chi connectivity index (χ2n) is 9.66. The van der Waals surface area contributed by atoms with Gasteiger partial charge in [0.05, 0.1) is 5.69 Å². The molecule has 0 spiro atoms. The summed E-state index contributed by atoms with van der Waals surface area (Å²) in [7, 11) is 2.19. The third-order valence-corrected chi connectivity index (χ3v) is 7.32. The molecule has 0 aromatic carbocycles. The van der Waals surface area contributed by atoms with Gasteiger partial charge in [-0.15, -0.1) is 0 Å². The summed E-state index contributed by atoms with van der Waals surface area (Å²) >= 11 is 0. The molecule has 2 N–H and O–H groups in total. The van der Waals surface area contributed by atoms with Crippen LogP contribution in [0.1, 0.15) is 50.4 Å². The minimum Gasteiger partial charge on any atom is -0.431 e. The minimum absolute atomic E-state index is 0.0460. The molecule has 2 aliphatic carbocycles. The molecule has 2 aromatic heterocycles. The number of imidazole rings is 1. The first-order valence-electron chi connectivity index (χ1n) is 11.6. The number of likely N-dealkylation sites (N-methyl/N-ethyl adjacent to an activating group) is 1. The summed E-state index contributed by atoms with van der Waals surface area (Å²) in [5.41, 5.74) is 7.11. The maximum Gasteiger partial charge on any atom is 0.387 e. The molecule has 9 heteroatoms. The van der Waals surface area contributed by atoms with Gasteiger partial charge in [0.25, 0.3) is 0 Å². The van der Waals surface area contributed by atoms with Gasteiger partial charge in [-0.2, -0.15) is 8.78 Å². The van der Waals surface area contributed by atoms with E-state index in [1.54, 1.807) is 6.20 Å². The van der Waals surface area contributed by atoms with Crippen molar-refractivity contribution >= 4 is 5.82 Å². The topological polar surface area (TPSA) is 72.4 Å². The van der Waals surface area contributed by atoms with Gasteiger partial charge >= 0.3 is 6.61 Å². The van der Waals surface area contributed by atoms with Crippen molar-refractivity contribution in [1.29, 1.82) is 0 Å². The normalized spacial score (nSPS) is 27.3. The number of anilines is 1. The van der Waals surface area contributed by atoms with Crippen LogP contribution in [0.25, 0.3) is 11.3 Å². The van der Waals surface area contributed by atoms with Crippen LogP contribution in [0.3, 0.4) is 0 Å². The fraction of sp³-hybridized carbons (Fsp3) is 0.652. The van der Waals surface area contributed by atoms with E-state index in [0.29, 0.717) is 29.5 Å². The highest BCUT2D eigenvalue weighted by molar-refractivity contribution is 5.64. The fourth-order valence-electron chi connectivity index (χ4n) is 5.31. The number of ether oxygens (including phenoxy) is 1. The highest BCUT2D eigenvalue weighted by Crippen LogP contribution is 2.46. The first kappa shape index (κ1) is 21.6. The van der Waals surface area contributed by atoms with Gasteiger partial charge in [0.15, 0.2) is 11.6 Å². The van der Waals surface area contributed by atoms with E-state index in [1.807, 2.05) is 0 Å². The molecule has 1 unspecified atom stereocenters. The van der Waals surface area contributed by atoms with Crippen LogP contribution in [-0.4, -0.2) is 70.2 Å². The highest BCUT2D eigenvalue weighted by Gasteiger charge is 2.39. The van der Waals surface area contributed by atoms with Gasteiger partial charge in [-0.3, -0.25) is 4.90 Å². The van der Waals surface area contributed by atoms with Crippen LogP contribution in [0.2, 0.25) is 0 Å². The molecule has 1 saturated heterocycles. The van der Waals surface area contributed by atoms with E-state index in [9.17, 15) is 8.78 Å². The van der Waals surface area contributed by atoms with Crippen molar-refractivity contribution in [2.45, 2.75) is 57.2 Å². The molecule has 3 aliphatic rings. The average molecular weight is 447 g/mol. The molecular weight excluding hydrogens is 414 g/mol. The van der Waals surface area contributed by atoms with Crippen molar-refractivity contribution in [3.8, 4) is 17.0 Å². The van der Waals surface area contributed by atoms with Crippen molar-refractivity contribution < 1.29 is 13.5 Å². The Kier molecular flexibility index (Phi) is 5.79. The van der Waals surface area contributed by atoms with Gasteiger partial charge in [-0.05, 0) is 44.7 Å². The summed E-state index contributed by atoms with van der Waals surface area (Å²) in [6.45, 7) is 3.93. The Morgan fingerprint density at radius 3 is 2.59 bits per heavy atom. The standard InChI is InChI=1S/C23H32F2N6O/c1-14-9-17(30-7-5-29(2)6-8-30)11-19(14)31-13-18(28-22(31)15-3-4-15)16-10-20(32-23(24)25)21(26)27-12-16/h10,12-15,17,19,23H,3-9,11H2,1-2H3,(H2,26,27)/t14-,17?,19+/m0/s1. The first-order chi connectivity index (χ1) is 15.4. The number of nitrogens with two attached hydrogens (primary N) is 1. The maximum absolute atomic E-state index is 12.7. The molecule has 3 heterocycles. The number of pyridine rings is 1. The second-order valence-corrected chi connectivity index (χ2v) is 9.66. The van der Waals surface area contributed by atoms with Crippen LogP contribution < -0.4 is 10.5 Å². The molecule has 32 heavy (non-hydrogen) atoms. The number of nitrogens with zero attached hydrogens (tertiary/aromatic N) is 5. The summed E-state index contributed by atoms with van der Waals surface area (Å²) in [4.78, 5) is 14.0. The summed E-state index contributed by atoms with van der Waals surface area (Å²) in [6, 6.07) is 2.52. The lowest BCUT2D eigenvalue weighted by Crippen LogP contribution is -2.48. The van der Waals surface area contributed by atoms with Gasteiger partial charge in [0.1, 0.15) is 5.82 Å². The zero-order valence-electron chi connectivity index (χ0n) is 18.8. The Hall–Kier alpha value is -2.26. The molecule has 0 amide bonds. The van der Waals surface area contributed by atoms with Gasteiger partial charge < -0.3 is 19.9 Å². The van der Waals surface area contributed by atoms with Crippen molar-refractivity contribution in [1.82, 2.24) is 24.3 Å². The number of halogens is 2. The molecule has 3 fully saturated rings. The van der Waals surface area contributed by atoms with Gasteiger partial charge in [-0.1, -0.05) is 6.92 Å². The van der Waals surface area contributed by atoms with Crippen molar-refractivity contribution in [3.05, 3.63) is 24.3 Å². The second kappa shape index (κ2) is 8.59. The largest absolute Gasteiger partial charge is 0.431 e. The SMILES string of the molecule is C[C@H]1CC(N2CCN(C)CC2)C[C@H]1n1cc(-c2cnc(N)c(OC(F)F)c2)nc1C1CC1. The number of alkyl halides is 2. The first-order valence-corrected chi connectivity index (χ1v) is 11.6. The lowest BCUT2D eigenvalue weighted by molar-refractivity contribution is -0.0494. The molecular formula is C23H32F2N6O. The molecule has 2 saturated carbocycles. The Bertz CT molecular complexity index is 954. The van der Waals surface area contributed by atoms with Crippen LogP contribution in [0.5, 0.6) is 5.75 Å². The van der Waals surface area contributed by atoms with Crippen molar-refractivity contribution in [2.75, 3.05) is 39.0 Å². The Morgan fingerprint density at radius 2 is 1.91 bits per heavy atom. The van der Waals surface area contributed by atoms with E-state index in [-0.39, 0.29) is 11.6 Å². The summed E-state index contributed by atoms with van der Waals surface area (Å²) < 4.78 is 32.4. The van der Waals surface area contributed by atoms with E-state index in [1.165, 1.54) is 12.5 Å². The summed E-state index contributed by atoms with van der Waals surface area (Å²) in [5, 5.41) is 0. The van der Waals surface area contributed by atoms with E-state index in [4.69, 9.17) is 10.7 Å². The number of aromatic nitrogens is 3. The van der Waals surface area contributed by atoms with Crippen LogP contribution in [0, 0.1) is 5.92 Å². The Morgan fingerprint density at radius 1 is 1.16 bits per heavy atom. The zero-order chi connectivity index (χ0) is 22.4. The van der Waals surface area contributed by atoms with Crippen LogP contribution in [0.4, 0.5) is 14.6 Å². The van der Waals surface area contributed by atoms with E-state index in [2.05, 4.69) is 44.3 Å². The number of nitrogen functional groups attached to an aromatic ring is 1. The Labute approximate surface area is 187 Å². The number of hydrogen-bond donors (Lipinski definition) is 1. The predicted octanol–water partition coefficient (Wildman–Crippen LogP) is 3.59. The van der Waals surface area contributed by atoms with E-state index in [0.717, 1.165) is 57.0 Å². The molecule has 174 valence electrons. The van der Waals surface area contributed by atoms with Crippen molar-refractivity contribution in [2.24, 2.45) is 5.92 Å². The average Bonchev–Trinajstić information content (AvgIpc) is 3.39. The van der Waals surface area contributed by atoms with Crippen molar-refractivity contribution in [3.63, 3.8) is 0 Å². The molecule has 0 radical (unpaired) electrons. The minimum atomic E-state index is -2.94. The number of rotatable bonds is 6. The third-order valence-electron chi connectivity index (χ3n) is 7.32. The van der Waals surface area contributed by atoms with E-state index >= 15 is 0 Å². The molecule has 5 rings (SSSR count). The highest BCUT2D eigenvalue weighted by atomic mass is 19.3. The summed E-state index contributed by atoms with van der Waals surface area (Å²) in [5.74, 6) is 2.00. The number of hydrogen-bond acceptors (Lipinski definition) is 6. The molecule has 0 bridgehead atoms. The molecule has 7 nitrogen and oxygen atoms in total. The summed E-state index contributed by atoms with van der Waals surface area (Å²) in [6.07, 6.45) is 8.29. The lowest BCUT2D eigenvalue weighted by atomic mass is 10.1. The predicted molar refractivity (Wildman–Crippen MR) is 119 cm³/mol. The number of piperazine rings is 1. The van der Waals surface area contributed by atoms with Gasteiger partial charge in [0, 0.05) is 62.1 Å². The van der Waals surface area contributed by atoms with Gasteiger partial charge in [0.2, 0.25) is 0 Å². The van der Waals surface area contributed by atoms with Crippen LogP contribution in [-0.2, 0) is 0 Å². The molecule has 2 aromatic rings. The zero-order valence-corrected chi connectivity index (χ0v) is 18.8. The van der Waals surface area contributed by atoms with Crippen LogP contribution in [0.15, 0.2) is 18.5 Å². The maximum atomic E-state index is 12.7. The van der Waals surface area contributed by atoms with E-state index < -0.39 is 6.61 Å². The van der Waals surface area contributed by atoms with Gasteiger partial charge in [-0.25, -0.2) is 9.97 Å². The third kappa shape index (κ3) is 4.32. The fourth-order valence-corrected chi connectivity index (χ4v) is 5.31. The molecule has 1 aliphatic heterocycles. The Balaban J connectivity index is 1.41. The quantitative estimate of drug-likeness (QED) is 0.731. The smallest absolute Gasteiger partial charge is 0.387 e. The monoisotopic (exact) mass is 446 g/mol. The molecule has 3 atom stereocenters.